The first-order valence-corrected chi connectivity index (χ1v) is 8.41. The second kappa shape index (κ2) is 7.45. The van der Waals surface area contributed by atoms with Gasteiger partial charge < -0.3 is 0 Å². The van der Waals surface area contributed by atoms with Crippen molar-refractivity contribution in [3.63, 3.8) is 0 Å². The van der Waals surface area contributed by atoms with Crippen molar-refractivity contribution < 1.29 is 9.59 Å². The van der Waals surface area contributed by atoms with E-state index in [1.165, 1.54) is 10.0 Å². The van der Waals surface area contributed by atoms with E-state index in [9.17, 15) is 9.59 Å². The van der Waals surface area contributed by atoms with Crippen LogP contribution in [0.1, 0.15) is 52.6 Å². The Labute approximate surface area is 155 Å². The maximum absolute atomic E-state index is 13.1. The fraction of sp³-hybridized carbons (Fsp3) is 0.273. The first kappa shape index (κ1) is 19.3. The average molecular weight is 348 g/mol. The van der Waals surface area contributed by atoms with Gasteiger partial charge in [0.1, 0.15) is 0 Å². The second-order valence-electron chi connectivity index (χ2n) is 7.20. The van der Waals surface area contributed by atoms with Crippen molar-refractivity contribution in [2.45, 2.75) is 33.2 Å². The topological polar surface area (TPSA) is 40.6 Å². The molecule has 2 aromatic carbocycles. The van der Waals surface area contributed by atoms with Gasteiger partial charge in [0.05, 0.1) is 5.54 Å². The number of rotatable bonds is 2. The first-order valence-electron chi connectivity index (χ1n) is 8.41. The SMILES string of the molecule is C#Cc1ccc(C(=O)N(N(C)C(=O)c2ccc(C)cc2)C(C)(C)C)cc1. The maximum Gasteiger partial charge on any atom is 0.272 e. The second-order valence-corrected chi connectivity index (χ2v) is 7.20. The van der Waals surface area contributed by atoms with Gasteiger partial charge in [0.2, 0.25) is 0 Å². The summed E-state index contributed by atoms with van der Waals surface area (Å²) in [5, 5.41) is 2.85. The van der Waals surface area contributed by atoms with Crippen LogP contribution in [-0.2, 0) is 0 Å². The molecule has 2 aromatic rings. The molecule has 2 rings (SSSR count). The monoisotopic (exact) mass is 348 g/mol. The molecule has 0 fully saturated rings. The van der Waals surface area contributed by atoms with E-state index in [0.717, 1.165) is 5.56 Å². The summed E-state index contributed by atoms with van der Waals surface area (Å²) in [5.74, 6) is 2.03. The van der Waals surface area contributed by atoms with E-state index < -0.39 is 5.54 Å². The van der Waals surface area contributed by atoms with E-state index in [1.54, 1.807) is 43.4 Å². The van der Waals surface area contributed by atoms with Gasteiger partial charge in [-0.15, -0.1) is 6.42 Å². The van der Waals surface area contributed by atoms with Gasteiger partial charge in [-0.3, -0.25) is 9.59 Å². The zero-order chi connectivity index (χ0) is 19.5. The molecule has 0 aliphatic carbocycles. The summed E-state index contributed by atoms with van der Waals surface area (Å²) in [6.07, 6.45) is 5.37. The fourth-order valence-electron chi connectivity index (χ4n) is 2.70. The molecule has 0 bridgehead atoms. The molecule has 0 saturated heterocycles. The Hall–Kier alpha value is -3.06. The number of carbonyl (C=O) groups excluding carboxylic acids is 2. The smallest absolute Gasteiger partial charge is 0.267 e. The van der Waals surface area contributed by atoms with Gasteiger partial charge in [0.25, 0.3) is 11.8 Å². The summed E-state index contributed by atoms with van der Waals surface area (Å²) < 4.78 is 0. The molecule has 0 aliphatic heterocycles. The molecule has 2 amide bonds. The van der Waals surface area contributed by atoms with Crippen LogP contribution in [-0.4, -0.2) is 34.4 Å². The van der Waals surface area contributed by atoms with Crippen molar-refractivity contribution in [2.24, 2.45) is 0 Å². The Bertz CT molecular complexity index is 838. The van der Waals surface area contributed by atoms with E-state index in [1.807, 2.05) is 39.8 Å². The third kappa shape index (κ3) is 4.12. The van der Waals surface area contributed by atoms with Crippen molar-refractivity contribution >= 4 is 11.8 Å². The molecule has 0 spiro atoms. The molecular weight excluding hydrogens is 324 g/mol. The Morgan fingerprint density at radius 2 is 1.35 bits per heavy atom. The number of benzene rings is 2. The Morgan fingerprint density at radius 3 is 1.81 bits per heavy atom. The van der Waals surface area contributed by atoms with Crippen LogP contribution in [0.25, 0.3) is 0 Å². The van der Waals surface area contributed by atoms with Gasteiger partial charge >= 0.3 is 0 Å². The number of terminal acetylenes is 1. The Morgan fingerprint density at radius 1 is 0.885 bits per heavy atom. The van der Waals surface area contributed by atoms with Gasteiger partial charge in [-0.1, -0.05) is 23.6 Å². The van der Waals surface area contributed by atoms with Crippen LogP contribution >= 0.6 is 0 Å². The Kier molecular flexibility index (Phi) is 5.52. The van der Waals surface area contributed by atoms with E-state index in [4.69, 9.17) is 6.42 Å². The van der Waals surface area contributed by atoms with Crippen molar-refractivity contribution in [1.82, 2.24) is 10.0 Å². The van der Waals surface area contributed by atoms with E-state index in [2.05, 4.69) is 5.92 Å². The molecule has 0 saturated carbocycles. The lowest BCUT2D eigenvalue weighted by Gasteiger charge is -2.41. The number of hydrogen-bond acceptors (Lipinski definition) is 2. The summed E-state index contributed by atoms with van der Waals surface area (Å²) in [6.45, 7) is 7.63. The van der Waals surface area contributed by atoms with Crippen molar-refractivity contribution in [1.29, 1.82) is 0 Å². The minimum absolute atomic E-state index is 0.242. The highest BCUT2D eigenvalue weighted by Gasteiger charge is 2.33. The van der Waals surface area contributed by atoms with Crippen LogP contribution in [0.2, 0.25) is 0 Å². The van der Waals surface area contributed by atoms with E-state index >= 15 is 0 Å². The molecule has 26 heavy (non-hydrogen) atoms. The molecule has 4 nitrogen and oxygen atoms in total. The van der Waals surface area contributed by atoms with Crippen LogP contribution in [0.15, 0.2) is 48.5 Å². The largest absolute Gasteiger partial charge is 0.272 e. The molecule has 134 valence electrons. The van der Waals surface area contributed by atoms with Crippen LogP contribution in [0, 0.1) is 19.3 Å². The molecule has 0 atom stereocenters. The molecular formula is C22H24N2O2. The van der Waals surface area contributed by atoms with Crippen molar-refractivity contribution in [3.05, 3.63) is 70.8 Å². The van der Waals surface area contributed by atoms with Gasteiger partial charge in [-0.2, -0.15) is 0 Å². The van der Waals surface area contributed by atoms with E-state index in [-0.39, 0.29) is 11.8 Å². The minimum Gasteiger partial charge on any atom is -0.267 e. The zero-order valence-corrected chi connectivity index (χ0v) is 15.9. The van der Waals surface area contributed by atoms with Crippen LogP contribution in [0.3, 0.4) is 0 Å². The molecule has 0 aliphatic rings. The van der Waals surface area contributed by atoms with Crippen molar-refractivity contribution in [2.75, 3.05) is 7.05 Å². The fourth-order valence-corrected chi connectivity index (χ4v) is 2.70. The molecule has 0 heterocycles. The minimum atomic E-state index is -0.586. The highest BCUT2D eigenvalue weighted by molar-refractivity contribution is 5.99. The lowest BCUT2D eigenvalue weighted by atomic mass is 10.0. The van der Waals surface area contributed by atoms with Gasteiger partial charge in [0, 0.05) is 23.7 Å². The number of amides is 2. The number of hydrogen-bond donors (Lipinski definition) is 0. The van der Waals surface area contributed by atoms with Gasteiger partial charge in [0.15, 0.2) is 0 Å². The first-order chi connectivity index (χ1) is 12.1. The molecule has 4 heteroatoms. The normalized spacial score (nSPS) is 10.8. The van der Waals surface area contributed by atoms with Gasteiger partial charge in [-0.05, 0) is 64.1 Å². The standard InChI is InChI=1S/C22H24N2O2/c1-7-17-10-14-19(15-11-17)21(26)24(22(3,4)5)23(6)20(25)18-12-8-16(2)9-13-18/h1,8-15H,2-6H3. The summed E-state index contributed by atoms with van der Waals surface area (Å²) in [4.78, 5) is 26.0. The zero-order valence-electron chi connectivity index (χ0n) is 15.9. The highest BCUT2D eigenvalue weighted by Crippen LogP contribution is 2.21. The summed E-state index contributed by atoms with van der Waals surface area (Å²) in [6, 6.07) is 14.1. The van der Waals surface area contributed by atoms with Crippen LogP contribution in [0.5, 0.6) is 0 Å². The molecule has 0 radical (unpaired) electrons. The molecule has 0 aromatic heterocycles. The van der Waals surface area contributed by atoms with Crippen LogP contribution in [0.4, 0.5) is 0 Å². The third-order valence-corrected chi connectivity index (χ3v) is 4.02. The number of hydrazine groups is 1. The quantitative estimate of drug-likeness (QED) is 0.610. The highest BCUT2D eigenvalue weighted by atomic mass is 16.2. The molecule has 0 N–H and O–H groups in total. The lowest BCUT2D eigenvalue weighted by molar-refractivity contribution is -0.0308. The Balaban J connectivity index is 2.37. The number of aryl methyl sites for hydroxylation is 1. The van der Waals surface area contributed by atoms with Crippen LogP contribution < -0.4 is 0 Å². The predicted molar refractivity (Wildman–Crippen MR) is 104 cm³/mol. The van der Waals surface area contributed by atoms with Gasteiger partial charge in [-0.25, -0.2) is 10.0 Å². The van der Waals surface area contributed by atoms with Crippen molar-refractivity contribution in [3.8, 4) is 12.3 Å². The third-order valence-electron chi connectivity index (χ3n) is 4.02. The predicted octanol–water partition coefficient (Wildman–Crippen LogP) is 3.90. The number of carbonyl (C=O) groups is 2. The summed E-state index contributed by atoms with van der Waals surface area (Å²) in [5.41, 5.74) is 2.19. The lowest BCUT2D eigenvalue weighted by Crippen LogP contribution is -2.56. The van der Waals surface area contributed by atoms with E-state index in [0.29, 0.717) is 16.7 Å². The molecule has 0 unspecified atom stereocenters. The average Bonchev–Trinajstić information content (AvgIpc) is 2.60. The maximum atomic E-state index is 13.1. The summed E-state index contributed by atoms with van der Waals surface area (Å²) >= 11 is 0. The summed E-state index contributed by atoms with van der Waals surface area (Å²) in [7, 11) is 1.61. The number of nitrogens with zero attached hydrogens (tertiary/aromatic N) is 2.